The van der Waals surface area contributed by atoms with Crippen LogP contribution in [0, 0.1) is 5.92 Å². The number of para-hydroxylation sites is 1. The van der Waals surface area contributed by atoms with Gasteiger partial charge in [-0.15, -0.1) is 0 Å². The summed E-state index contributed by atoms with van der Waals surface area (Å²) in [6.07, 6.45) is 6.85. The maximum absolute atomic E-state index is 5.77. The van der Waals surface area contributed by atoms with Crippen LogP contribution in [0.5, 0.6) is 5.75 Å². The highest BCUT2D eigenvalue weighted by atomic mass is 32.2. The van der Waals surface area contributed by atoms with E-state index >= 15 is 0 Å². The van der Waals surface area contributed by atoms with Gasteiger partial charge in [-0.3, -0.25) is 0 Å². The molecule has 0 spiro atoms. The number of rotatable bonds is 1. The van der Waals surface area contributed by atoms with E-state index in [2.05, 4.69) is 24.3 Å². The van der Waals surface area contributed by atoms with Crippen LogP contribution in [0.3, 0.4) is 0 Å². The van der Waals surface area contributed by atoms with Gasteiger partial charge in [-0.2, -0.15) is 0 Å². The molecule has 15 heavy (non-hydrogen) atoms. The second kappa shape index (κ2) is 4.09. The lowest BCUT2D eigenvalue weighted by Crippen LogP contribution is -2.22. The zero-order valence-electron chi connectivity index (χ0n) is 8.82. The Morgan fingerprint density at radius 1 is 1.13 bits per heavy atom. The summed E-state index contributed by atoms with van der Waals surface area (Å²) in [5.74, 6) is 1.97. The van der Waals surface area contributed by atoms with Gasteiger partial charge >= 0.3 is 0 Å². The second-order valence-corrected chi connectivity index (χ2v) is 5.54. The minimum Gasteiger partial charge on any atom is -0.425 e. The lowest BCUT2D eigenvalue weighted by atomic mass is 9.97. The topological polar surface area (TPSA) is 9.23 Å². The van der Waals surface area contributed by atoms with Crippen molar-refractivity contribution in [2.24, 2.45) is 5.92 Å². The Kier molecular flexibility index (Phi) is 2.61. The van der Waals surface area contributed by atoms with Crippen LogP contribution in [0.25, 0.3) is 0 Å². The molecule has 0 bridgehead atoms. The normalized spacial score (nSPS) is 26.0. The Labute approximate surface area is 95.4 Å². The number of hydrogen-bond acceptors (Lipinski definition) is 2. The van der Waals surface area contributed by atoms with Gasteiger partial charge in [0.1, 0.15) is 5.75 Å². The van der Waals surface area contributed by atoms with Crippen LogP contribution >= 0.6 is 12.0 Å². The number of benzene rings is 1. The minimum atomic E-state index is 0.697. The Hall–Kier alpha value is -0.630. The van der Waals surface area contributed by atoms with Crippen LogP contribution < -0.4 is 4.18 Å². The summed E-state index contributed by atoms with van der Waals surface area (Å²) in [6.45, 7) is 0. The van der Waals surface area contributed by atoms with Crippen molar-refractivity contribution >= 4 is 12.0 Å². The highest BCUT2D eigenvalue weighted by molar-refractivity contribution is 7.95. The van der Waals surface area contributed by atoms with E-state index in [9.17, 15) is 0 Å². The fourth-order valence-corrected chi connectivity index (χ4v) is 3.76. The minimum absolute atomic E-state index is 0.697. The summed E-state index contributed by atoms with van der Waals surface area (Å²) in [4.78, 5) is 0. The van der Waals surface area contributed by atoms with E-state index in [-0.39, 0.29) is 0 Å². The molecule has 1 aliphatic heterocycles. The van der Waals surface area contributed by atoms with Gasteiger partial charge in [0.15, 0.2) is 0 Å². The van der Waals surface area contributed by atoms with E-state index < -0.39 is 0 Å². The van der Waals surface area contributed by atoms with Gasteiger partial charge in [-0.25, -0.2) is 0 Å². The molecular formula is C13H16OS. The fourth-order valence-electron chi connectivity index (χ4n) is 2.69. The molecule has 1 heterocycles. The predicted octanol–water partition coefficient (Wildman–Crippen LogP) is 3.83. The third-order valence-corrected chi connectivity index (χ3v) is 4.66. The van der Waals surface area contributed by atoms with Gasteiger partial charge in [-0.05, 0) is 36.8 Å². The molecule has 1 nitrogen and oxygen atoms in total. The molecule has 1 aromatic rings. The molecule has 3 rings (SSSR count). The molecule has 0 aromatic heterocycles. The Morgan fingerprint density at radius 2 is 1.93 bits per heavy atom. The van der Waals surface area contributed by atoms with Gasteiger partial charge < -0.3 is 4.18 Å². The van der Waals surface area contributed by atoms with E-state index in [1.165, 1.54) is 37.7 Å². The molecule has 2 heteroatoms. The van der Waals surface area contributed by atoms with Crippen LogP contribution in [0.4, 0.5) is 0 Å². The first-order valence-electron chi connectivity index (χ1n) is 5.85. The zero-order chi connectivity index (χ0) is 10.1. The van der Waals surface area contributed by atoms with E-state index in [1.54, 1.807) is 12.0 Å². The van der Waals surface area contributed by atoms with E-state index in [1.807, 2.05) is 0 Å². The first-order chi connectivity index (χ1) is 7.43. The molecule has 0 amide bonds. The van der Waals surface area contributed by atoms with E-state index in [0.29, 0.717) is 5.25 Å². The molecule has 1 atom stereocenters. The Balaban J connectivity index is 1.76. The molecule has 1 fully saturated rings. The quantitative estimate of drug-likeness (QED) is 0.665. The lowest BCUT2D eigenvalue weighted by molar-refractivity contribution is 0.480. The van der Waals surface area contributed by atoms with E-state index in [0.717, 1.165) is 11.7 Å². The van der Waals surface area contributed by atoms with Crippen molar-refractivity contribution in [1.82, 2.24) is 0 Å². The lowest BCUT2D eigenvalue weighted by Gasteiger charge is -2.27. The zero-order valence-corrected chi connectivity index (χ0v) is 9.63. The van der Waals surface area contributed by atoms with Gasteiger partial charge in [0.25, 0.3) is 0 Å². The third-order valence-electron chi connectivity index (χ3n) is 3.58. The van der Waals surface area contributed by atoms with Crippen molar-refractivity contribution in [2.75, 3.05) is 0 Å². The SMILES string of the molecule is c1ccc2c(c1)CC(C1CCCC1)SO2. The van der Waals surface area contributed by atoms with Crippen molar-refractivity contribution < 1.29 is 4.18 Å². The molecule has 1 aliphatic carbocycles. The highest BCUT2D eigenvalue weighted by Crippen LogP contribution is 2.41. The smallest absolute Gasteiger partial charge is 0.140 e. The summed E-state index contributed by atoms with van der Waals surface area (Å²) in [5, 5.41) is 0.697. The second-order valence-electron chi connectivity index (χ2n) is 4.57. The number of hydrogen-bond donors (Lipinski definition) is 0. The van der Waals surface area contributed by atoms with Gasteiger partial charge in [0.2, 0.25) is 0 Å². The first kappa shape index (κ1) is 9.59. The summed E-state index contributed by atoms with van der Waals surface area (Å²) in [5.41, 5.74) is 1.40. The fraction of sp³-hybridized carbons (Fsp3) is 0.538. The summed E-state index contributed by atoms with van der Waals surface area (Å²) in [7, 11) is 0. The van der Waals surface area contributed by atoms with Crippen molar-refractivity contribution in [3.05, 3.63) is 29.8 Å². The molecule has 80 valence electrons. The summed E-state index contributed by atoms with van der Waals surface area (Å²) < 4.78 is 5.77. The number of fused-ring (bicyclic) bond motifs is 1. The maximum Gasteiger partial charge on any atom is 0.140 e. The average molecular weight is 220 g/mol. The van der Waals surface area contributed by atoms with Gasteiger partial charge in [-0.1, -0.05) is 31.0 Å². The first-order valence-corrected chi connectivity index (χ1v) is 6.65. The third kappa shape index (κ3) is 1.87. The van der Waals surface area contributed by atoms with Crippen molar-refractivity contribution in [3.8, 4) is 5.75 Å². The molecule has 1 saturated carbocycles. The Morgan fingerprint density at radius 3 is 2.80 bits per heavy atom. The van der Waals surface area contributed by atoms with Crippen LogP contribution in [-0.2, 0) is 6.42 Å². The summed E-state index contributed by atoms with van der Waals surface area (Å²) >= 11 is 1.70. The van der Waals surface area contributed by atoms with Crippen LogP contribution in [0.15, 0.2) is 24.3 Å². The largest absolute Gasteiger partial charge is 0.425 e. The van der Waals surface area contributed by atoms with Crippen LogP contribution in [0.1, 0.15) is 31.2 Å². The van der Waals surface area contributed by atoms with E-state index in [4.69, 9.17) is 4.18 Å². The molecule has 0 N–H and O–H groups in total. The van der Waals surface area contributed by atoms with Gasteiger partial charge in [0.05, 0.1) is 12.0 Å². The van der Waals surface area contributed by atoms with Crippen molar-refractivity contribution in [3.63, 3.8) is 0 Å². The van der Waals surface area contributed by atoms with Gasteiger partial charge in [0, 0.05) is 5.25 Å². The van der Waals surface area contributed by atoms with Crippen LogP contribution in [-0.4, -0.2) is 5.25 Å². The van der Waals surface area contributed by atoms with Crippen LogP contribution in [0.2, 0.25) is 0 Å². The standard InChI is InChI=1S/C13H16OS/c1-2-6-10(5-1)13-9-11-7-3-4-8-12(11)14-15-13/h3-4,7-8,10,13H,1-2,5-6,9H2. The molecule has 1 unspecified atom stereocenters. The Bertz CT molecular complexity index is 344. The molecule has 0 saturated heterocycles. The molecule has 1 aromatic carbocycles. The monoisotopic (exact) mass is 220 g/mol. The molecule has 0 radical (unpaired) electrons. The average Bonchev–Trinajstić information content (AvgIpc) is 2.82. The van der Waals surface area contributed by atoms with Crippen molar-refractivity contribution in [1.29, 1.82) is 0 Å². The molecule has 2 aliphatic rings. The van der Waals surface area contributed by atoms with Crippen molar-refractivity contribution in [2.45, 2.75) is 37.4 Å². The molecular weight excluding hydrogens is 204 g/mol. The highest BCUT2D eigenvalue weighted by Gasteiger charge is 2.30. The maximum atomic E-state index is 5.77. The predicted molar refractivity (Wildman–Crippen MR) is 64.1 cm³/mol. The summed E-state index contributed by atoms with van der Waals surface area (Å²) in [6, 6.07) is 8.45.